The fraction of sp³-hybridized carbons (Fsp3) is 0.556. The third-order valence-electron chi connectivity index (χ3n) is 4.35. The van der Waals surface area contributed by atoms with Gasteiger partial charge in [0.25, 0.3) is 0 Å². The number of nitrogens with zero attached hydrogens (tertiary/aromatic N) is 2. The van der Waals surface area contributed by atoms with Crippen molar-refractivity contribution in [3.63, 3.8) is 0 Å². The number of nitrogens with one attached hydrogen (secondary N) is 2. The van der Waals surface area contributed by atoms with Crippen LogP contribution >= 0.6 is 0 Å². The van der Waals surface area contributed by atoms with Crippen LogP contribution in [0.25, 0.3) is 0 Å². The third kappa shape index (κ3) is 5.53. The normalized spacial score (nSPS) is 16.5. The van der Waals surface area contributed by atoms with Crippen LogP contribution in [-0.4, -0.2) is 60.5 Å². The van der Waals surface area contributed by atoms with Crippen molar-refractivity contribution < 1.29 is 9.59 Å². The van der Waals surface area contributed by atoms with E-state index >= 15 is 0 Å². The summed E-state index contributed by atoms with van der Waals surface area (Å²) in [6.45, 7) is 9.18. The molecule has 24 heavy (non-hydrogen) atoms. The maximum atomic E-state index is 12.3. The molecule has 0 spiro atoms. The number of rotatable bonds is 5. The summed E-state index contributed by atoms with van der Waals surface area (Å²) in [5.74, 6) is 0.0573. The van der Waals surface area contributed by atoms with E-state index in [1.165, 1.54) is 0 Å². The summed E-state index contributed by atoms with van der Waals surface area (Å²) in [5.41, 5.74) is 1.97. The number of carbonyl (C=O) groups excluding carboxylic acids is 2. The number of carbonyl (C=O) groups is 2. The summed E-state index contributed by atoms with van der Waals surface area (Å²) in [6.07, 6.45) is 0.929. The third-order valence-corrected chi connectivity index (χ3v) is 4.35. The molecule has 0 radical (unpaired) electrons. The number of urea groups is 1. The van der Waals surface area contributed by atoms with Crippen LogP contribution in [0.3, 0.4) is 0 Å². The van der Waals surface area contributed by atoms with Crippen LogP contribution in [0.15, 0.2) is 24.3 Å². The van der Waals surface area contributed by atoms with Gasteiger partial charge in [0.1, 0.15) is 0 Å². The first-order valence-electron chi connectivity index (χ1n) is 8.62. The monoisotopic (exact) mass is 332 g/mol. The van der Waals surface area contributed by atoms with Crippen molar-refractivity contribution in [2.45, 2.75) is 33.2 Å². The topological polar surface area (TPSA) is 64.7 Å². The molecule has 6 nitrogen and oxygen atoms in total. The Balaban J connectivity index is 1.74. The molecule has 1 unspecified atom stereocenters. The lowest BCUT2D eigenvalue weighted by Crippen LogP contribution is -2.52. The Morgan fingerprint density at radius 2 is 1.75 bits per heavy atom. The van der Waals surface area contributed by atoms with Crippen molar-refractivity contribution in [2.24, 2.45) is 0 Å². The number of piperazine rings is 1. The highest BCUT2D eigenvalue weighted by atomic mass is 16.2. The van der Waals surface area contributed by atoms with Crippen molar-refractivity contribution in [1.29, 1.82) is 0 Å². The van der Waals surface area contributed by atoms with Gasteiger partial charge >= 0.3 is 6.03 Å². The average molecular weight is 332 g/mol. The second kappa shape index (κ2) is 8.68. The predicted molar refractivity (Wildman–Crippen MR) is 96.1 cm³/mol. The van der Waals surface area contributed by atoms with Crippen LogP contribution in [0.1, 0.15) is 25.8 Å². The van der Waals surface area contributed by atoms with Crippen LogP contribution in [0, 0.1) is 6.92 Å². The van der Waals surface area contributed by atoms with Crippen molar-refractivity contribution in [2.75, 3.05) is 38.0 Å². The highest BCUT2D eigenvalue weighted by Gasteiger charge is 2.22. The lowest BCUT2D eigenvalue weighted by atomic mass is 10.2. The highest BCUT2D eigenvalue weighted by molar-refractivity contribution is 5.89. The lowest BCUT2D eigenvalue weighted by Gasteiger charge is -2.34. The molecule has 3 amide bonds. The smallest absolute Gasteiger partial charge is 0.321 e. The van der Waals surface area contributed by atoms with Gasteiger partial charge in [-0.3, -0.25) is 9.69 Å². The minimum atomic E-state index is -0.0810. The number of aryl methyl sites for hydroxylation is 1. The first-order valence-corrected chi connectivity index (χ1v) is 8.62. The molecule has 1 heterocycles. The molecular formula is C18H28N4O2. The number of anilines is 1. The molecule has 2 rings (SSSR count). The Labute approximate surface area is 144 Å². The molecule has 1 aromatic carbocycles. The van der Waals surface area contributed by atoms with E-state index in [0.717, 1.165) is 30.8 Å². The molecule has 0 aromatic heterocycles. The maximum absolute atomic E-state index is 12.3. The SMILES string of the molecule is CCC(C)NC(=O)CN1CCN(C(=O)Nc2ccc(C)cc2)CC1. The fourth-order valence-electron chi connectivity index (χ4n) is 2.57. The second-order valence-corrected chi connectivity index (χ2v) is 6.44. The quantitative estimate of drug-likeness (QED) is 0.867. The largest absolute Gasteiger partial charge is 0.353 e. The van der Waals surface area contributed by atoms with Crippen LogP contribution in [-0.2, 0) is 4.79 Å². The van der Waals surface area contributed by atoms with Crippen LogP contribution in [0.2, 0.25) is 0 Å². The molecule has 0 saturated carbocycles. The number of hydrogen-bond donors (Lipinski definition) is 2. The molecule has 0 bridgehead atoms. The van der Waals surface area contributed by atoms with E-state index in [4.69, 9.17) is 0 Å². The van der Waals surface area contributed by atoms with Crippen LogP contribution < -0.4 is 10.6 Å². The van der Waals surface area contributed by atoms with Gasteiger partial charge < -0.3 is 15.5 Å². The van der Waals surface area contributed by atoms with Gasteiger partial charge in [-0.2, -0.15) is 0 Å². The van der Waals surface area contributed by atoms with E-state index in [2.05, 4.69) is 22.5 Å². The zero-order valence-electron chi connectivity index (χ0n) is 14.8. The van der Waals surface area contributed by atoms with Gasteiger partial charge in [0.15, 0.2) is 0 Å². The van der Waals surface area contributed by atoms with E-state index in [9.17, 15) is 9.59 Å². The van der Waals surface area contributed by atoms with E-state index in [1.807, 2.05) is 38.1 Å². The van der Waals surface area contributed by atoms with E-state index in [1.54, 1.807) is 4.90 Å². The van der Waals surface area contributed by atoms with Crippen LogP contribution in [0.4, 0.5) is 10.5 Å². The molecule has 132 valence electrons. The van der Waals surface area contributed by atoms with Gasteiger partial charge in [-0.1, -0.05) is 24.6 Å². The Hall–Kier alpha value is -2.08. The van der Waals surface area contributed by atoms with Gasteiger partial charge in [-0.15, -0.1) is 0 Å². The summed E-state index contributed by atoms with van der Waals surface area (Å²) in [4.78, 5) is 28.1. The molecular weight excluding hydrogens is 304 g/mol. The van der Waals surface area contributed by atoms with E-state index < -0.39 is 0 Å². The van der Waals surface area contributed by atoms with Gasteiger partial charge in [0.05, 0.1) is 6.54 Å². The first-order chi connectivity index (χ1) is 11.5. The molecule has 0 aliphatic carbocycles. The minimum Gasteiger partial charge on any atom is -0.353 e. The molecule has 1 saturated heterocycles. The molecule has 2 N–H and O–H groups in total. The molecule has 6 heteroatoms. The summed E-state index contributed by atoms with van der Waals surface area (Å²) in [5, 5.41) is 5.89. The fourth-order valence-corrected chi connectivity index (χ4v) is 2.57. The summed E-state index contributed by atoms with van der Waals surface area (Å²) >= 11 is 0. The summed E-state index contributed by atoms with van der Waals surface area (Å²) in [6, 6.07) is 7.89. The first kappa shape index (κ1) is 18.3. The van der Waals surface area contributed by atoms with Crippen LogP contribution in [0.5, 0.6) is 0 Å². The van der Waals surface area contributed by atoms with Crippen molar-refractivity contribution in [1.82, 2.24) is 15.1 Å². The van der Waals surface area contributed by atoms with E-state index in [0.29, 0.717) is 19.6 Å². The predicted octanol–water partition coefficient (Wildman–Crippen LogP) is 2.06. The average Bonchev–Trinajstić information content (AvgIpc) is 2.57. The Morgan fingerprint density at radius 3 is 2.33 bits per heavy atom. The van der Waals surface area contributed by atoms with Crippen molar-refractivity contribution in [3.8, 4) is 0 Å². The summed E-state index contributed by atoms with van der Waals surface area (Å²) in [7, 11) is 0. The van der Waals surface area contributed by atoms with E-state index in [-0.39, 0.29) is 18.0 Å². The molecule has 1 aromatic rings. The lowest BCUT2D eigenvalue weighted by molar-refractivity contribution is -0.123. The van der Waals surface area contributed by atoms with Crippen molar-refractivity contribution in [3.05, 3.63) is 29.8 Å². The van der Waals surface area contributed by atoms with Gasteiger partial charge in [0, 0.05) is 37.9 Å². The number of benzene rings is 1. The molecule has 1 aliphatic heterocycles. The Bertz CT molecular complexity index is 551. The van der Waals surface area contributed by atoms with Gasteiger partial charge in [-0.25, -0.2) is 4.79 Å². The van der Waals surface area contributed by atoms with Crippen molar-refractivity contribution >= 4 is 17.6 Å². The Kier molecular flexibility index (Phi) is 6.61. The molecule has 1 aliphatic rings. The highest BCUT2D eigenvalue weighted by Crippen LogP contribution is 2.11. The molecule has 1 fully saturated rings. The molecule has 1 atom stereocenters. The number of hydrogen-bond acceptors (Lipinski definition) is 3. The minimum absolute atomic E-state index is 0.0573. The van der Waals surface area contributed by atoms with Gasteiger partial charge in [0.2, 0.25) is 5.91 Å². The number of amides is 3. The zero-order chi connectivity index (χ0) is 17.5. The Morgan fingerprint density at radius 1 is 1.12 bits per heavy atom. The standard InChI is InChI=1S/C18H28N4O2/c1-4-15(3)19-17(23)13-21-9-11-22(12-10-21)18(24)20-16-7-5-14(2)6-8-16/h5-8,15H,4,9-13H2,1-3H3,(H,19,23)(H,20,24). The zero-order valence-corrected chi connectivity index (χ0v) is 14.8. The second-order valence-electron chi connectivity index (χ2n) is 6.44. The summed E-state index contributed by atoms with van der Waals surface area (Å²) < 4.78 is 0. The maximum Gasteiger partial charge on any atom is 0.321 e. The van der Waals surface area contributed by atoms with Gasteiger partial charge in [-0.05, 0) is 32.4 Å².